The monoisotopic (exact) mass is 729 g/mol. The van der Waals surface area contributed by atoms with Gasteiger partial charge in [0.15, 0.2) is 5.82 Å². The van der Waals surface area contributed by atoms with Gasteiger partial charge in [-0.25, -0.2) is 13.8 Å². The zero-order valence-corrected chi connectivity index (χ0v) is 31.6. The molecule has 2 unspecified atom stereocenters. The molecule has 0 amide bonds. The van der Waals surface area contributed by atoms with Gasteiger partial charge in [-0.15, -0.1) is 6.42 Å². The van der Waals surface area contributed by atoms with E-state index in [-0.39, 0.29) is 68.5 Å². The van der Waals surface area contributed by atoms with Crippen LogP contribution in [0.3, 0.4) is 0 Å². The summed E-state index contributed by atoms with van der Waals surface area (Å²) in [5, 5.41) is 2.61. The number of carbonyl (C=O) groups excluding carboxylic acids is 1. The lowest BCUT2D eigenvalue weighted by atomic mass is 9.95. The highest BCUT2D eigenvalue weighted by Crippen LogP contribution is 2.42. The predicted molar refractivity (Wildman–Crippen MR) is 196 cm³/mol. The molecule has 272 valence electrons. The fourth-order valence-corrected chi connectivity index (χ4v) is 8.55. The Kier molecular flexibility index (Phi) is 8.68. The second-order valence-corrected chi connectivity index (χ2v) is 17.0. The quantitative estimate of drug-likeness (QED) is 0.0913. The van der Waals surface area contributed by atoms with Gasteiger partial charge >= 0.3 is 12.0 Å². The lowest BCUT2D eigenvalue weighted by molar-refractivity contribution is -0.138. The molecule has 2 bridgehead atoms. The molecule has 4 saturated heterocycles. The summed E-state index contributed by atoms with van der Waals surface area (Å²) >= 11 is 0. The number of piperazine rings is 1. The first-order valence-corrected chi connectivity index (χ1v) is 19.1. The SMILES string of the molecule is C#Cc1c(F)ccc2cc(OC(=O)[C@@](N)([SiH3])C(C)C)cc(-c3nc(F)c4c(N5CC6CCC(C5)N6)nc(OCC56CCCN5CCC6)nc4c3F)c12. The molecule has 3 atom stereocenters. The highest BCUT2D eigenvalue weighted by Gasteiger charge is 2.45. The fraction of sp³-hybridized carbons (Fsp3) is 0.474. The molecule has 10 nitrogen and oxygen atoms in total. The molecule has 0 aliphatic carbocycles. The number of hydrogen-bond acceptors (Lipinski definition) is 10. The Hall–Kier alpha value is -4.29. The molecule has 2 aromatic carbocycles. The lowest BCUT2D eigenvalue weighted by Crippen LogP contribution is -2.55. The zero-order chi connectivity index (χ0) is 36.5. The van der Waals surface area contributed by atoms with Crippen LogP contribution in [-0.4, -0.2) is 91.6 Å². The van der Waals surface area contributed by atoms with Crippen molar-refractivity contribution < 1.29 is 27.4 Å². The first kappa shape index (κ1) is 34.8. The van der Waals surface area contributed by atoms with Crippen LogP contribution in [0.15, 0.2) is 24.3 Å². The standard InChI is InChI=1S/C38H42F3N7O3Si/c1-4-25-27(39)10-7-21-15-24(51-35(49)38(42,52)20(2)3)16-26(28(21)25)31-30(40)32-29(33(41)44-31)34(47-17-22-8-9-23(18-47)43-22)46-36(45-32)50-19-37-11-5-13-48(37)14-6-12-37/h1,7,10,15-16,20,22-23,43H,5-6,8-9,11-14,17-19,42H2,2-3,52H3/t22?,23?,38-/m0/s1. The van der Waals surface area contributed by atoms with E-state index in [0.29, 0.717) is 35.3 Å². The van der Waals surface area contributed by atoms with Gasteiger partial charge in [-0.05, 0) is 81.1 Å². The normalized spacial score (nSPS) is 22.2. The Labute approximate surface area is 303 Å². The van der Waals surface area contributed by atoms with E-state index in [1.165, 1.54) is 24.3 Å². The molecule has 6 heterocycles. The van der Waals surface area contributed by atoms with Gasteiger partial charge in [-0.3, -0.25) is 9.69 Å². The number of rotatable bonds is 8. The van der Waals surface area contributed by atoms with Crippen LogP contribution in [0.4, 0.5) is 19.0 Å². The van der Waals surface area contributed by atoms with Crippen LogP contribution < -0.4 is 25.4 Å². The van der Waals surface area contributed by atoms with Gasteiger partial charge in [0, 0.05) is 46.4 Å². The third-order valence-electron chi connectivity index (χ3n) is 11.8. The molecule has 4 aliphatic rings. The maximum Gasteiger partial charge on any atom is 0.327 e. The van der Waals surface area contributed by atoms with Crippen molar-refractivity contribution in [2.75, 3.05) is 37.7 Å². The summed E-state index contributed by atoms with van der Waals surface area (Å²) in [5.74, 6) is -1.05. The number of pyridine rings is 1. The van der Waals surface area contributed by atoms with E-state index in [4.69, 9.17) is 26.6 Å². The van der Waals surface area contributed by atoms with Crippen molar-refractivity contribution in [1.29, 1.82) is 0 Å². The number of aromatic nitrogens is 3. The number of anilines is 1. The van der Waals surface area contributed by atoms with E-state index < -0.39 is 34.4 Å². The summed E-state index contributed by atoms with van der Waals surface area (Å²) < 4.78 is 61.2. The first-order valence-electron chi connectivity index (χ1n) is 18.1. The number of benzene rings is 2. The number of terminal acetylenes is 1. The van der Waals surface area contributed by atoms with E-state index in [1.54, 1.807) is 0 Å². The molecular weight excluding hydrogens is 688 g/mol. The molecular formula is C38H42F3N7O3Si. The Morgan fingerprint density at radius 1 is 1.12 bits per heavy atom. The molecule has 52 heavy (non-hydrogen) atoms. The first-order chi connectivity index (χ1) is 24.9. The zero-order valence-electron chi connectivity index (χ0n) is 29.6. The summed E-state index contributed by atoms with van der Waals surface area (Å²) in [7, 11) is 0.294. The molecule has 0 radical (unpaired) electrons. The second-order valence-electron chi connectivity index (χ2n) is 15.3. The molecule has 4 aromatic rings. The molecule has 14 heteroatoms. The summed E-state index contributed by atoms with van der Waals surface area (Å²) in [4.78, 5) is 31.0. The summed E-state index contributed by atoms with van der Waals surface area (Å²) in [6, 6.07) is 5.71. The van der Waals surface area contributed by atoms with Gasteiger partial charge < -0.3 is 25.4 Å². The molecule has 0 spiro atoms. The molecule has 0 saturated carbocycles. The van der Waals surface area contributed by atoms with Crippen molar-refractivity contribution in [2.45, 2.75) is 75.2 Å². The van der Waals surface area contributed by atoms with Crippen molar-refractivity contribution in [1.82, 2.24) is 25.2 Å². The maximum absolute atomic E-state index is 17.3. The average molecular weight is 730 g/mol. The Morgan fingerprint density at radius 2 is 1.83 bits per heavy atom. The third kappa shape index (κ3) is 5.78. The van der Waals surface area contributed by atoms with Crippen molar-refractivity contribution in [3.8, 4) is 35.4 Å². The van der Waals surface area contributed by atoms with E-state index in [1.807, 2.05) is 18.7 Å². The van der Waals surface area contributed by atoms with Gasteiger partial charge in [-0.1, -0.05) is 25.8 Å². The van der Waals surface area contributed by atoms with Crippen LogP contribution in [0, 0.1) is 35.8 Å². The van der Waals surface area contributed by atoms with Crippen molar-refractivity contribution in [3.05, 3.63) is 47.4 Å². The number of fused-ring (bicyclic) bond motifs is 5. The molecule has 8 rings (SSSR count). The van der Waals surface area contributed by atoms with Crippen LogP contribution in [0.25, 0.3) is 32.9 Å². The number of nitrogens with zero attached hydrogens (tertiary/aromatic N) is 5. The van der Waals surface area contributed by atoms with Gasteiger partial charge in [-0.2, -0.15) is 14.4 Å². The largest absolute Gasteiger partial charge is 0.461 e. The van der Waals surface area contributed by atoms with Gasteiger partial charge in [0.2, 0.25) is 5.95 Å². The summed E-state index contributed by atoms with van der Waals surface area (Å²) in [5.41, 5.74) is 5.16. The second kappa shape index (κ2) is 13.0. The molecule has 3 N–H and O–H groups in total. The van der Waals surface area contributed by atoms with Crippen LogP contribution in [0.5, 0.6) is 11.8 Å². The number of ether oxygens (including phenoxy) is 2. The number of carbonyl (C=O) groups is 1. The Morgan fingerprint density at radius 3 is 2.50 bits per heavy atom. The minimum atomic E-state index is -1.22. The fourth-order valence-electron chi connectivity index (χ4n) is 8.45. The van der Waals surface area contributed by atoms with Gasteiger partial charge in [0.05, 0.1) is 16.3 Å². The average Bonchev–Trinajstić information content (AvgIpc) is 3.81. The molecule has 4 fully saturated rings. The van der Waals surface area contributed by atoms with Crippen LogP contribution in [0.1, 0.15) is 57.9 Å². The molecule has 2 aromatic heterocycles. The number of nitrogens with one attached hydrogen (secondary N) is 1. The van der Waals surface area contributed by atoms with Crippen molar-refractivity contribution in [3.63, 3.8) is 0 Å². The topological polar surface area (TPSA) is 119 Å². The number of halogens is 3. The van der Waals surface area contributed by atoms with Crippen molar-refractivity contribution >= 4 is 43.7 Å². The Bertz CT molecular complexity index is 2140. The lowest BCUT2D eigenvalue weighted by Gasteiger charge is -2.34. The predicted octanol–water partition coefficient (Wildman–Crippen LogP) is 3.77. The molecule has 4 aliphatic heterocycles. The third-order valence-corrected chi connectivity index (χ3v) is 13.4. The van der Waals surface area contributed by atoms with Gasteiger partial charge in [0.25, 0.3) is 0 Å². The summed E-state index contributed by atoms with van der Waals surface area (Å²) in [6.07, 6.45) is 11.8. The van der Waals surface area contributed by atoms with Crippen LogP contribution in [0.2, 0.25) is 0 Å². The number of nitrogens with two attached hydrogens (primary N) is 1. The van der Waals surface area contributed by atoms with E-state index in [0.717, 1.165) is 51.6 Å². The minimum absolute atomic E-state index is 0.00395. The van der Waals surface area contributed by atoms with Gasteiger partial charge in [0.1, 0.15) is 40.6 Å². The number of hydrogen-bond donors (Lipinski definition) is 2. The smallest absolute Gasteiger partial charge is 0.327 e. The van der Waals surface area contributed by atoms with E-state index in [9.17, 15) is 4.79 Å². The van der Waals surface area contributed by atoms with Crippen LogP contribution in [-0.2, 0) is 4.79 Å². The van der Waals surface area contributed by atoms with E-state index in [2.05, 4.69) is 26.1 Å². The minimum Gasteiger partial charge on any atom is -0.461 e. The number of esters is 1. The maximum atomic E-state index is 17.3. The highest BCUT2D eigenvalue weighted by atomic mass is 28.1. The Balaban J connectivity index is 1.30. The highest BCUT2D eigenvalue weighted by molar-refractivity contribution is 6.27. The van der Waals surface area contributed by atoms with E-state index >= 15 is 13.2 Å². The van der Waals surface area contributed by atoms with Crippen LogP contribution >= 0.6 is 0 Å². The van der Waals surface area contributed by atoms with Crippen molar-refractivity contribution in [2.24, 2.45) is 11.7 Å². The summed E-state index contributed by atoms with van der Waals surface area (Å²) in [6.45, 7) is 7.05.